The minimum atomic E-state index is 0.196. The first-order valence-electron chi connectivity index (χ1n) is 9.49. The Hall–Kier alpha value is -4.30. The first kappa shape index (κ1) is 17.8. The molecule has 2 N–H and O–H groups in total. The number of benzene rings is 3. The number of nitrogen functional groups attached to an aromatic ring is 1. The molecule has 3 aromatic carbocycles. The van der Waals surface area contributed by atoms with Crippen LogP contribution in [0, 0.1) is 11.3 Å². The van der Waals surface area contributed by atoms with E-state index in [4.69, 9.17) is 15.2 Å². The predicted octanol–water partition coefficient (Wildman–Crippen LogP) is 5.27. The lowest BCUT2D eigenvalue weighted by atomic mass is 9.97. The van der Waals surface area contributed by atoms with E-state index in [1.54, 1.807) is 0 Å². The zero-order chi connectivity index (χ0) is 20.5. The van der Waals surface area contributed by atoms with Crippen molar-refractivity contribution in [2.24, 2.45) is 0 Å². The van der Waals surface area contributed by atoms with Crippen molar-refractivity contribution in [2.75, 3.05) is 12.5 Å². The molecule has 1 aliphatic heterocycles. The highest BCUT2D eigenvalue weighted by Gasteiger charge is 2.18. The first-order chi connectivity index (χ1) is 14.7. The number of hydrogen-bond donors (Lipinski definition) is 1. The molecule has 30 heavy (non-hydrogen) atoms. The van der Waals surface area contributed by atoms with E-state index in [-0.39, 0.29) is 12.6 Å². The number of hydrogen-bond acceptors (Lipinski definition) is 5. The third kappa shape index (κ3) is 3.11. The van der Waals surface area contributed by atoms with Gasteiger partial charge in [-0.15, -0.1) is 0 Å². The molecule has 0 fully saturated rings. The van der Waals surface area contributed by atoms with Crippen molar-refractivity contribution in [2.45, 2.75) is 0 Å². The van der Waals surface area contributed by atoms with Crippen molar-refractivity contribution in [3.63, 3.8) is 0 Å². The van der Waals surface area contributed by atoms with Crippen molar-refractivity contribution in [1.82, 2.24) is 4.98 Å². The van der Waals surface area contributed by atoms with Crippen LogP contribution < -0.4 is 15.2 Å². The molecule has 144 valence electrons. The molecule has 0 bridgehead atoms. The Morgan fingerprint density at radius 3 is 2.20 bits per heavy atom. The Bertz CT molecular complexity index is 1280. The molecular weight excluding hydrogens is 374 g/mol. The van der Waals surface area contributed by atoms with Crippen LogP contribution in [0.15, 0.2) is 78.9 Å². The Kier molecular flexibility index (Phi) is 4.30. The van der Waals surface area contributed by atoms with Crippen molar-refractivity contribution in [3.05, 3.63) is 84.4 Å². The highest BCUT2D eigenvalue weighted by molar-refractivity contribution is 5.81. The average molecular weight is 391 g/mol. The Morgan fingerprint density at radius 1 is 0.767 bits per heavy atom. The summed E-state index contributed by atoms with van der Waals surface area (Å²) in [5.74, 6) is 1.55. The molecule has 0 radical (unpaired) electrons. The topological polar surface area (TPSA) is 81.2 Å². The van der Waals surface area contributed by atoms with Gasteiger partial charge >= 0.3 is 0 Å². The molecule has 0 saturated heterocycles. The second-order valence-electron chi connectivity index (χ2n) is 6.94. The number of nitrogens with zero attached hydrogens (tertiary/aromatic N) is 2. The maximum Gasteiger partial charge on any atom is 0.231 e. The Labute approximate surface area is 174 Å². The van der Waals surface area contributed by atoms with E-state index in [1.165, 1.54) is 0 Å². The summed E-state index contributed by atoms with van der Waals surface area (Å²) in [4.78, 5) is 4.47. The number of rotatable bonds is 3. The average Bonchev–Trinajstić information content (AvgIpc) is 3.27. The molecule has 0 atom stereocenters. The molecule has 0 unspecified atom stereocenters. The van der Waals surface area contributed by atoms with Crippen LogP contribution in [0.1, 0.15) is 5.56 Å². The summed E-state index contributed by atoms with van der Waals surface area (Å²) in [6.07, 6.45) is 0. The van der Waals surface area contributed by atoms with Gasteiger partial charge in [-0.25, -0.2) is 4.98 Å². The Balaban J connectivity index is 1.58. The molecule has 1 aliphatic rings. The molecule has 5 nitrogen and oxygen atoms in total. The van der Waals surface area contributed by atoms with E-state index < -0.39 is 0 Å². The number of fused-ring (bicyclic) bond motifs is 1. The number of ether oxygens (including phenoxy) is 2. The van der Waals surface area contributed by atoms with Gasteiger partial charge in [0.05, 0.1) is 5.69 Å². The van der Waals surface area contributed by atoms with Crippen molar-refractivity contribution >= 4 is 5.82 Å². The number of anilines is 1. The van der Waals surface area contributed by atoms with Crippen LogP contribution in [-0.4, -0.2) is 11.8 Å². The van der Waals surface area contributed by atoms with Crippen LogP contribution in [0.5, 0.6) is 11.5 Å². The zero-order valence-corrected chi connectivity index (χ0v) is 16.0. The van der Waals surface area contributed by atoms with Gasteiger partial charge in [0.1, 0.15) is 17.5 Å². The van der Waals surface area contributed by atoms with Crippen LogP contribution in [0.3, 0.4) is 0 Å². The highest BCUT2D eigenvalue weighted by Crippen LogP contribution is 2.38. The standard InChI is InChI=1S/C25H17N3O2/c26-14-21-20(19-10-11-23-24(12-19)30-15-29-23)13-22(28-25(21)27)18-8-6-17(7-9-18)16-4-2-1-3-5-16/h1-13H,15H2,(H2,27,28). The van der Waals surface area contributed by atoms with Gasteiger partial charge in [0.2, 0.25) is 6.79 Å². The second-order valence-corrected chi connectivity index (χ2v) is 6.94. The lowest BCUT2D eigenvalue weighted by Crippen LogP contribution is -2.00. The second kappa shape index (κ2) is 7.26. The van der Waals surface area contributed by atoms with Gasteiger partial charge in [-0.1, -0.05) is 60.7 Å². The maximum atomic E-state index is 9.65. The summed E-state index contributed by atoms with van der Waals surface area (Å²) < 4.78 is 10.9. The molecule has 4 aromatic rings. The fraction of sp³-hybridized carbons (Fsp3) is 0.0400. The third-order valence-corrected chi connectivity index (χ3v) is 5.13. The van der Waals surface area contributed by atoms with Crippen molar-refractivity contribution < 1.29 is 9.47 Å². The van der Waals surface area contributed by atoms with Crippen LogP contribution >= 0.6 is 0 Å². The summed E-state index contributed by atoms with van der Waals surface area (Å²) >= 11 is 0. The minimum Gasteiger partial charge on any atom is -0.454 e. The van der Waals surface area contributed by atoms with Gasteiger partial charge in [0.25, 0.3) is 0 Å². The molecule has 0 saturated carbocycles. The summed E-state index contributed by atoms with van der Waals surface area (Å²) in [5, 5.41) is 9.65. The maximum absolute atomic E-state index is 9.65. The monoisotopic (exact) mass is 391 g/mol. The van der Waals surface area contributed by atoms with Gasteiger partial charge < -0.3 is 15.2 Å². The van der Waals surface area contributed by atoms with Crippen LogP contribution in [0.2, 0.25) is 0 Å². The Morgan fingerprint density at radius 2 is 1.43 bits per heavy atom. The largest absolute Gasteiger partial charge is 0.454 e. The predicted molar refractivity (Wildman–Crippen MR) is 116 cm³/mol. The fourth-order valence-corrected chi connectivity index (χ4v) is 3.59. The van der Waals surface area contributed by atoms with Crippen molar-refractivity contribution in [1.29, 1.82) is 5.26 Å². The number of nitrogens with two attached hydrogens (primary N) is 1. The normalized spacial score (nSPS) is 11.8. The van der Waals surface area contributed by atoms with Gasteiger partial charge in [0, 0.05) is 11.1 Å². The quantitative estimate of drug-likeness (QED) is 0.515. The van der Waals surface area contributed by atoms with E-state index in [0.717, 1.165) is 22.3 Å². The van der Waals surface area contributed by atoms with Gasteiger partial charge in [-0.2, -0.15) is 5.26 Å². The molecular formula is C25H17N3O2. The van der Waals surface area contributed by atoms with E-state index >= 15 is 0 Å². The van der Waals surface area contributed by atoms with Gasteiger partial charge in [-0.05, 0) is 34.9 Å². The third-order valence-electron chi connectivity index (χ3n) is 5.13. The molecule has 5 heteroatoms. The van der Waals surface area contributed by atoms with Crippen LogP contribution in [0.4, 0.5) is 5.82 Å². The number of aromatic nitrogens is 1. The molecule has 1 aromatic heterocycles. The first-order valence-corrected chi connectivity index (χ1v) is 9.49. The molecule has 0 spiro atoms. The number of pyridine rings is 1. The van der Waals surface area contributed by atoms with Crippen LogP contribution in [-0.2, 0) is 0 Å². The summed E-state index contributed by atoms with van der Waals surface area (Å²) in [6, 6.07) is 28.0. The molecule has 5 rings (SSSR count). The molecule has 0 aliphatic carbocycles. The summed E-state index contributed by atoms with van der Waals surface area (Å²) in [5.41, 5.74) is 11.9. The van der Waals surface area contributed by atoms with Crippen LogP contribution in [0.25, 0.3) is 33.5 Å². The summed E-state index contributed by atoms with van der Waals surface area (Å²) in [7, 11) is 0. The SMILES string of the molecule is N#Cc1c(-c2ccc3c(c2)OCO3)cc(-c2ccc(-c3ccccc3)cc2)nc1N. The lowest BCUT2D eigenvalue weighted by Gasteiger charge is -2.11. The lowest BCUT2D eigenvalue weighted by molar-refractivity contribution is 0.174. The molecule has 0 amide bonds. The fourth-order valence-electron chi connectivity index (χ4n) is 3.59. The van der Waals surface area contributed by atoms with E-state index in [0.29, 0.717) is 28.3 Å². The zero-order valence-electron chi connectivity index (χ0n) is 16.0. The van der Waals surface area contributed by atoms with Gasteiger partial charge in [0.15, 0.2) is 11.5 Å². The summed E-state index contributed by atoms with van der Waals surface area (Å²) in [6.45, 7) is 0.196. The minimum absolute atomic E-state index is 0.196. The van der Waals surface area contributed by atoms with E-state index in [9.17, 15) is 5.26 Å². The highest BCUT2D eigenvalue weighted by atomic mass is 16.7. The number of nitriles is 1. The van der Waals surface area contributed by atoms with E-state index in [2.05, 4.69) is 35.3 Å². The molecule has 2 heterocycles. The smallest absolute Gasteiger partial charge is 0.231 e. The van der Waals surface area contributed by atoms with E-state index in [1.807, 2.05) is 54.6 Å². The van der Waals surface area contributed by atoms with Gasteiger partial charge in [-0.3, -0.25) is 0 Å². The van der Waals surface area contributed by atoms with Crippen molar-refractivity contribution in [3.8, 4) is 51.1 Å².